The van der Waals surface area contributed by atoms with E-state index in [2.05, 4.69) is 0 Å². The molecule has 0 amide bonds. The van der Waals surface area contributed by atoms with Gasteiger partial charge in [-0.2, -0.15) is 0 Å². The SMILES string of the molecule is COCCCCCCCCOc1ccc(-c2ccc(/C=C/C(=O)[O-])cc2)cc1. The number of hydrogen-bond donors (Lipinski definition) is 0. The van der Waals surface area contributed by atoms with Crippen LogP contribution in [0.5, 0.6) is 5.75 Å². The number of carbonyl (C=O) groups is 1. The van der Waals surface area contributed by atoms with Gasteiger partial charge in [0.05, 0.1) is 12.6 Å². The Balaban J connectivity index is 1.70. The number of carbonyl (C=O) groups excluding carboxylic acids is 1. The Morgan fingerprint density at radius 2 is 1.36 bits per heavy atom. The van der Waals surface area contributed by atoms with Crippen molar-refractivity contribution in [3.8, 4) is 16.9 Å². The van der Waals surface area contributed by atoms with Gasteiger partial charge in [-0.05, 0) is 47.7 Å². The lowest BCUT2D eigenvalue weighted by Crippen LogP contribution is -2.18. The molecule has 150 valence electrons. The molecular weight excluding hydrogens is 352 g/mol. The molecular formula is C24H29O4-. The Hall–Kier alpha value is -2.59. The number of rotatable bonds is 13. The van der Waals surface area contributed by atoms with Gasteiger partial charge in [0.15, 0.2) is 0 Å². The molecule has 0 aliphatic heterocycles. The van der Waals surface area contributed by atoms with Crippen LogP contribution in [0.15, 0.2) is 54.6 Å². The molecule has 0 saturated heterocycles. The number of benzene rings is 2. The van der Waals surface area contributed by atoms with Crippen LogP contribution in [-0.4, -0.2) is 26.3 Å². The number of ether oxygens (including phenoxy) is 2. The number of carboxylic acids is 1. The highest BCUT2D eigenvalue weighted by atomic mass is 16.5. The molecule has 0 fully saturated rings. The molecule has 0 saturated carbocycles. The number of hydrogen-bond acceptors (Lipinski definition) is 4. The Bertz CT molecular complexity index is 717. The van der Waals surface area contributed by atoms with Crippen LogP contribution in [0.4, 0.5) is 0 Å². The van der Waals surface area contributed by atoms with E-state index < -0.39 is 5.97 Å². The van der Waals surface area contributed by atoms with Crippen LogP contribution < -0.4 is 9.84 Å². The third kappa shape index (κ3) is 8.40. The van der Waals surface area contributed by atoms with E-state index in [1.54, 1.807) is 7.11 Å². The van der Waals surface area contributed by atoms with E-state index in [4.69, 9.17) is 9.47 Å². The number of aliphatic carboxylic acids is 1. The maximum absolute atomic E-state index is 10.5. The molecule has 0 aromatic heterocycles. The summed E-state index contributed by atoms with van der Waals surface area (Å²) in [5.74, 6) is -0.306. The second kappa shape index (κ2) is 12.7. The minimum Gasteiger partial charge on any atom is -0.545 e. The summed E-state index contributed by atoms with van der Waals surface area (Å²) in [4.78, 5) is 10.5. The van der Waals surface area contributed by atoms with Gasteiger partial charge in [-0.3, -0.25) is 0 Å². The summed E-state index contributed by atoms with van der Waals surface area (Å²) in [6.45, 7) is 1.61. The molecule has 0 aliphatic rings. The first kappa shape index (κ1) is 21.7. The first-order valence-corrected chi connectivity index (χ1v) is 9.90. The number of carboxylic acid groups (broad SMARTS) is 1. The average Bonchev–Trinajstić information content (AvgIpc) is 2.72. The maximum Gasteiger partial charge on any atom is 0.119 e. The van der Waals surface area contributed by atoms with E-state index in [0.717, 1.165) is 54.6 Å². The highest BCUT2D eigenvalue weighted by Crippen LogP contribution is 2.23. The molecule has 0 heterocycles. The van der Waals surface area contributed by atoms with E-state index in [1.165, 1.54) is 31.8 Å². The van der Waals surface area contributed by atoms with Gasteiger partial charge in [0.25, 0.3) is 0 Å². The quantitative estimate of drug-likeness (QED) is 0.379. The molecule has 0 unspecified atom stereocenters. The van der Waals surface area contributed by atoms with Crippen molar-refractivity contribution < 1.29 is 19.4 Å². The van der Waals surface area contributed by atoms with E-state index in [0.29, 0.717) is 0 Å². The fourth-order valence-corrected chi connectivity index (χ4v) is 2.94. The van der Waals surface area contributed by atoms with Crippen LogP contribution >= 0.6 is 0 Å². The van der Waals surface area contributed by atoms with Crippen molar-refractivity contribution in [1.29, 1.82) is 0 Å². The van der Waals surface area contributed by atoms with E-state index >= 15 is 0 Å². The van der Waals surface area contributed by atoms with Crippen LogP contribution in [0.25, 0.3) is 17.2 Å². The Kier molecular flexibility index (Phi) is 9.87. The first-order valence-electron chi connectivity index (χ1n) is 9.90. The lowest BCUT2D eigenvalue weighted by Gasteiger charge is -2.08. The number of methoxy groups -OCH3 is 1. The minimum absolute atomic E-state index is 0.747. The molecule has 0 aliphatic carbocycles. The second-order valence-corrected chi connectivity index (χ2v) is 6.76. The van der Waals surface area contributed by atoms with Crippen molar-refractivity contribution in [2.45, 2.75) is 38.5 Å². The molecule has 4 heteroatoms. The summed E-state index contributed by atoms with van der Waals surface area (Å²) in [6.07, 6.45) is 9.73. The normalized spacial score (nSPS) is 11.0. The maximum atomic E-state index is 10.5. The van der Waals surface area contributed by atoms with Crippen molar-refractivity contribution in [1.82, 2.24) is 0 Å². The molecule has 0 radical (unpaired) electrons. The number of unbranched alkanes of at least 4 members (excludes halogenated alkanes) is 5. The monoisotopic (exact) mass is 381 g/mol. The van der Waals surface area contributed by atoms with Crippen LogP contribution in [0.3, 0.4) is 0 Å². The smallest absolute Gasteiger partial charge is 0.119 e. The highest BCUT2D eigenvalue weighted by molar-refractivity contribution is 5.83. The molecule has 0 bridgehead atoms. The molecule has 2 rings (SSSR count). The Morgan fingerprint density at radius 1 is 0.821 bits per heavy atom. The second-order valence-electron chi connectivity index (χ2n) is 6.76. The largest absolute Gasteiger partial charge is 0.545 e. The van der Waals surface area contributed by atoms with Gasteiger partial charge in [0.2, 0.25) is 0 Å². The molecule has 2 aromatic carbocycles. The third-order valence-corrected chi connectivity index (χ3v) is 4.52. The zero-order chi connectivity index (χ0) is 20.0. The Morgan fingerprint density at radius 3 is 1.93 bits per heavy atom. The van der Waals surface area contributed by atoms with Gasteiger partial charge in [-0.15, -0.1) is 0 Å². The van der Waals surface area contributed by atoms with Crippen LogP contribution in [0.1, 0.15) is 44.1 Å². The fourth-order valence-electron chi connectivity index (χ4n) is 2.94. The van der Waals surface area contributed by atoms with E-state index in [9.17, 15) is 9.90 Å². The summed E-state index contributed by atoms with van der Waals surface area (Å²) >= 11 is 0. The van der Waals surface area contributed by atoms with E-state index in [-0.39, 0.29) is 0 Å². The van der Waals surface area contributed by atoms with Gasteiger partial charge in [-0.1, -0.05) is 68.2 Å². The molecule has 0 atom stereocenters. The zero-order valence-corrected chi connectivity index (χ0v) is 16.6. The van der Waals surface area contributed by atoms with Crippen LogP contribution in [-0.2, 0) is 9.53 Å². The van der Waals surface area contributed by atoms with Gasteiger partial charge in [0.1, 0.15) is 5.75 Å². The first-order chi connectivity index (χ1) is 13.7. The minimum atomic E-state index is -1.19. The van der Waals surface area contributed by atoms with E-state index in [1.807, 2.05) is 48.5 Å². The van der Waals surface area contributed by atoms with Crippen molar-refractivity contribution in [3.05, 3.63) is 60.2 Å². The molecule has 2 aromatic rings. The van der Waals surface area contributed by atoms with Crippen molar-refractivity contribution in [2.75, 3.05) is 20.3 Å². The predicted octanol–water partition coefficient (Wildman–Crippen LogP) is 4.48. The fraction of sp³-hybridized carbons (Fsp3) is 0.375. The molecule has 0 spiro atoms. The van der Waals surface area contributed by atoms with Gasteiger partial charge in [0, 0.05) is 13.7 Å². The van der Waals surface area contributed by atoms with Crippen molar-refractivity contribution in [3.63, 3.8) is 0 Å². The summed E-state index contributed by atoms with van der Waals surface area (Å²) in [5.41, 5.74) is 3.00. The van der Waals surface area contributed by atoms with Crippen LogP contribution in [0.2, 0.25) is 0 Å². The topological polar surface area (TPSA) is 58.6 Å². The summed E-state index contributed by atoms with van der Waals surface area (Å²) in [5, 5.41) is 10.5. The summed E-state index contributed by atoms with van der Waals surface area (Å²) < 4.78 is 10.9. The molecule has 4 nitrogen and oxygen atoms in total. The molecule has 28 heavy (non-hydrogen) atoms. The predicted molar refractivity (Wildman–Crippen MR) is 111 cm³/mol. The van der Waals surface area contributed by atoms with Gasteiger partial charge < -0.3 is 19.4 Å². The standard InChI is InChI=1S/C24H30O4/c1-27-18-6-4-2-3-5-7-19-28-23-15-13-22(14-16-23)21-11-8-20(9-12-21)10-17-24(25)26/h8-17H,2-7,18-19H2,1H3,(H,25,26)/p-1/b17-10+. The summed E-state index contributed by atoms with van der Waals surface area (Å²) in [6, 6.07) is 15.8. The highest BCUT2D eigenvalue weighted by Gasteiger charge is 2.00. The van der Waals surface area contributed by atoms with Crippen molar-refractivity contribution >= 4 is 12.0 Å². The Labute approximate surface area is 167 Å². The van der Waals surface area contributed by atoms with Gasteiger partial charge >= 0.3 is 0 Å². The summed E-state index contributed by atoms with van der Waals surface area (Å²) in [7, 11) is 1.75. The lowest BCUT2D eigenvalue weighted by atomic mass is 10.0. The molecule has 0 N–H and O–H groups in total. The zero-order valence-electron chi connectivity index (χ0n) is 16.6. The average molecular weight is 381 g/mol. The van der Waals surface area contributed by atoms with Gasteiger partial charge in [-0.25, -0.2) is 0 Å². The van der Waals surface area contributed by atoms with Crippen molar-refractivity contribution in [2.24, 2.45) is 0 Å². The lowest BCUT2D eigenvalue weighted by molar-refractivity contribution is -0.297. The third-order valence-electron chi connectivity index (χ3n) is 4.52. The van der Waals surface area contributed by atoms with Crippen LogP contribution in [0, 0.1) is 0 Å².